The minimum atomic E-state index is 0.216. The van der Waals surface area contributed by atoms with Gasteiger partial charge in [-0.15, -0.1) is 0 Å². The Bertz CT molecular complexity index is 253. The second-order valence-electron chi connectivity index (χ2n) is 5.02. The number of carbonyl (C=O) groups excluding carboxylic acids is 1. The molecule has 16 heavy (non-hydrogen) atoms. The Morgan fingerprint density at radius 3 is 2.69 bits per heavy atom. The van der Waals surface area contributed by atoms with Gasteiger partial charge in [0.1, 0.15) is 0 Å². The highest BCUT2D eigenvalue weighted by molar-refractivity contribution is 5.73. The second-order valence-corrected chi connectivity index (χ2v) is 5.02. The summed E-state index contributed by atoms with van der Waals surface area (Å²) in [6.45, 7) is 5.24. The molecule has 92 valence electrons. The summed E-state index contributed by atoms with van der Waals surface area (Å²) in [6.07, 6.45) is 4.99. The van der Waals surface area contributed by atoms with Gasteiger partial charge >= 0.3 is 0 Å². The van der Waals surface area contributed by atoms with E-state index in [2.05, 4.69) is 4.90 Å². The summed E-state index contributed by atoms with van der Waals surface area (Å²) in [6, 6.07) is 1.30. The molecule has 2 aliphatic rings. The topological polar surface area (TPSA) is 49.6 Å². The molecule has 0 spiro atoms. The lowest BCUT2D eigenvalue weighted by molar-refractivity contribution is -0.131. The van der Waals surface area contributed by atoms with Crippen LogP contribution in [0.5, 0.6) is 0 Å². The number of carbonyl (C=O) groups is 1. The van der Waals surface area contributed by atoms with Crippen molar-refractivity contribution in [1.82, 2.24) is 9.80 Å². The molecular weight excluding hydrogens is 202 g/mol. The number of amides is 1. The summed E-state index contributed by atoms with van der Waals surface area (Å²) in [4.78, 5) is 15.9. The number of nitrogens with two attached hydrogens (primary N) is 1. The van der Waals surface area contributed by atoms with Gasteiger partial charge in [-0.3, -0.25) is 9.69 Å². The van der Waals surface area contributed by atoms with E-state index >= 15 is 0 Å². The van der Waals surface area contributed by atoms with Gasteiger partial charge in [-0.25, -0.2) is 0 Å². The standard InChI is InChI=1S/C12H23N3O/c1-10(16)14-7-2-3-12(9-14)15(8-6-13)11-4-5-11/h11-12H,2-9,13H2,1H3/t12-/m1/s1. The van der Waals surface area contributed by atoms with E-state index in [1.54, 1.807) is 6.92 Å². The van der Waals surface area contributed by atoms with Crippen molar-refractivity contribution in [1.29, 1.82) is 0 Å². The number of hydrogen-bond donors (Lipinski definition) is 1. The molecule has 1 saturated carbocycles. The number of hydrogen-bond acceptors (Lipinski definition) is 3. The number of rotatable bonds is 4. The first-order valence-electron chi connectivity index (χ1n) is 6.43. The van der Waals surface area contributed by atoms with Crippen molar-refractivity contribution in [3.05, 3.63) is 0 Å². The van der Waals surface area contributed by atoms with Crippen molar-refractivity contribution in [3.63, 3.8) is 0 Å². The molecule has 1 saturated heterocycles. The fourth-order valence-corrected chi connectivity index (χ4v) is 2.73. The van der Waals surface area contributed by atoms with Gasteiger partial charge in [0, 0.05) is 45.2 Å². The molecule has 1 atom stereocenters. The third kappa shape index (κ3) is 2.74. The molecule has 0 aromatic carbocycles. The molecule has 0 unspecified atom stereocenters. The van der Waals surface area contributed by atoms with E-state index in [1.165, 1.54) is 19.3 Å². The molecule has 0 aromatic rings. The highest BCUT2D eigenvalue weighted by Gasteiger charge is 2.35. The molecule has 2 rings (SSSR count). The molecule has 1 aliphatic heterocycles. The monoisotopic (exact) mass is 225 g/mol. The molecule has 1 heterocycles. The predicted octanol–water partition coefficient (Wildman–Crippen LogP) is 0.420. The van der Waals surface area contributed by atoms with Crippen molar-refractivity contribution in [2.24, 2.45) is 5.73 Å². The van der Waals surface area contributed by atoms with Crippen LogP contribution in [0.25, 0.3) is 0 Å². The maximum absolute atomic E-state index is 11.4. The van der Waals surface area contributed by atoms with Crippen LogP contribution in [0.4, 0.5) is 0 Å². The first-order chi connectivity index (χ1) is 7.72. The summed E-state index contributed by atoms with van der Waals surface area (Å²) in [5.41, 5.74) is 5.67. The normalized spacial score (nSPS) is 26.2. The molecule has 0 bridgehead atoms. The maximum atomic E-state index is 11.4. The van der Waals surface area contributed by atoms with Gasteiger partial charge in [-0.1, -0.05) is 0 Å². The van der Waals surface area contributed by atoms with Crippen LogP contribution in [-0.4, -0.2) is 54.0 Å². The fourth-order valence-electron chi connectivity index (χ4n) is 2.73. The molecule has 4 heteroatoms. The largest absolute Gasteiger partial charge is 0.341 e. The van der Waals surface area contributed by atoms with Crippen LogP contribution in [0.15, 0.2) is 0 Å². The van der Waals surface area contributed by atoms with Crippen LogP contribution in [0, 0.1) is 0 Å². The Kier molecular flexibility index (Phi) is 3.82. The lowest BCUT2D eigenvalue weighted by atomic mass is 10.0. The van der Waals surface area contributed by atoms with Crippen LogP contribution < -0.4 is 5.73 Å². The van der Waals surface area contributed by atoms with Crippen LogP contribution in [0.2, 0.25) is 0 Å². The minimum Gasteiger partial charge on any atom is -0.341 e. The van der Waals surface area contributed by atoms with Gasteiger partial charge < -0.3 is 10.6 Å². The van der Waals surface area contributed by atoms with E-state index in [-0.39, 0.29) is 5.91 Å². The summed E-state index contributed by atoms with van der Waals surface area (Å²) in [5.74, 6) is 0.216. The van der Waals surface area contributed by atoms with E-state index in [1.807, 2.05) is 4.90 Å². The molecular formula is C12H23N3O. The Labute approximate surface area is 97.8 Å². The molecule has 0 radical (unpaired) electrons. The van der Waals surface area contributed by atoms with Crippen molar-refractivity contribution in [3.8, 4) is 0 Å². The molecule has 4 nitrogen and oxygen atoms in total. The summed E-state index contributed by atoms with van der Waals surface area (Å²) >= 11 is 0. The molecule has 1 aliphatic carbocycles. The molecule has 2 fully saturated rings. The SMILES string of the molecule is CC(=O)N1CCC[C@@H](N(CCN)C2CC2)C1. The third-order valence-electron chi connectivity index (χ3n) is 3.71. The third-order valence-corrected chi connectivity index (χ3v) is 3.71. The molecule has 0 aromatic heterocycles. The molecule has 2 N–H and O–H groups in total. The van der Waals surface area contributed by atoms with E-state index in [0.29, 0.717) is 6.04 Å². The van der Waals surface area contributed by atoms with Gasteiger partial charge in [0.25, 0.3) is 0 Å². The van der Waals surface area contributed by atoms with Gasteiger partial charge in [0.05, 0.1) is 0 Å². The van der Waals surface area contributed by atoms with Gasteiger partial charge in [-0.05, 0) is 25.7 Å². The van der Waals surface area contributed by atoms with Gasteiger partial charge in [-0.2, -0.15) is 0 Å². The quantitative estimate of drug-likeness (QED) is 0.754. The lowest BCUT2D eigenvalue weighted by Crippen LogP contribution is -2.51. The lowest BCUT2D eigenvalue weighted by Gasteiger charge is -2.39. The summed E-state index contributed by atoms with van der Waals surface area (Å²) < 4.78 is 0. The number of nitrogens with zero attached hydrogens (tertiary/aromatic N) is 2. The average molecular weight is 225 g/mol. The van der Waals surface area contributed by atoms with Crippen molar-refractivity contribution in [2.75, 3.05) is 26.2 Å². The van der Waals surface area contributed by atoms with Crippen molar-refractivity contribution in [2.45, 2.75) is 44.7 Å². The highest BCUT2D eigenvalue weighted by atomic mass is 16.2. The first-order valence-corrected chi connectivity index (χ1v) is 6.43. The summed E-state index contributed by atoms with van der Waals surface area (Å²) in [5, 5.41) is 0. The van der Waals surface area contributed by atoms with Crippen LogP contribution >= 0.6 is 0 Å². The second kappa shape index (κ2) is 5.15. The van der Waals surface area contributed by atoms with Crippen molar-refractivity contribution >= 4 is 5.91 Å². The predicted molar refractivity (Wildman–Crippen MR) is 64.1 cm³/mol. The zero-order valence-electron chi connectivity index (χ0n) is 10.2. The summed E-state index contributed by atoms with van der Waals surface area (Å²) in [7, 11) is 0. The smallest absolute Gasteiger partial charge is 0.219 e. The van der Waals surface area contributed by atoms with Crippen molar-refractivity contribution < 1.29 is 4.79 Å². The Balaban J connectivity index is 1.93. The Hall–Kier alpha value is -0.610. The van der Waals surface area contributed by atoms with E-state index in [4.69, 9.17) is 5.73 Å². The van der Waals surface area contributed by atoms with Gasteiger partial charge in [0.2, 0.25) is 5.91 Å². The Morgan fingerprint density at radius 1 is 1.38 bits per heavy atom. The van der Waals surface area contributed by atoms with Crippen LogP contribution in [0.3, 0.4) is 0 Å². The van der Waals surface area contributed by atoms with Crippen LogP contribution in [-0.2, 0) is 4.79 Å². The van der Waals surface area contributed by atoms with E-state index in [0.717, 1.165) is 38.6 Å². The van der Waals surface area contributed by atoms with E-state index < -0.39 is 0 Å². The maximum Gasteiger partial charge on any atom is 0.219 e. The van der Waals surface area contributed by atoms with Crippen LogP contribution in [0.1, 0.15) is 32.6 Å². The number of likely N-dealkylation sites (tertiary alicyclic amines) is 1. The van der Waals surface area contributed by atoms with Gasteiger partial charge in [0.15, 0.2) is 0 Å². The average Bonchev–Trinajstić information content (AvgIpc) is 3.10. The van der Waals surface area contributed by atoms with E-state index in [9.17, 15) is 4.79 Å². The zero-order chi connectivity index (χ0) is 11.5. The number of piperidine rings is 1. The minimum absolute atomic E-state index is 0.216. The molecule has 1 amide bonds. The zero-order valence-corrected chi connectivity index (χ0v) is 10.2. The highest BCUT2D eigenvalue weighted by Crippen LogP contribution is 2.30. The Morgan fingerprint density at radius 2 is 2.12 bits per heavy atom. The first kappa shape index (κ1) is 11.9. The fraction of sp³-hybridized carbons (Fsp3) is 0.917.